The van der Waals surface area contributed by atoms with Crippen LogP contribution in [0.5, 0.6) is 0 Å². The van der Waals surface area contributed by atoms with Crippen LogP contribution >= 0.6 is 0 Å². The molecule has 0 saturated carbocycles. The highest BCUT2D eigenvalue weighted by Gasteiger charge is 2.53. The van der Waals surface area contributed by atoms with Gasteiger partial charge in [0, 0.05) is 27.2 Å². The van der Waals surface area contributed by atoms with Crippen molar-refractivity contribution in [3.05, 3.63) is 11.9 Å². The molecule has 1 saturated heterocycles. The van der Waals surface area contributed by atoms with Crippen LogP contribution in [-0.4, -0.2) is 72.0 Å². The Bertz CT molecular complexity index is 815. The lowest BCUT2D eigenvalue weighted by Gasteiger charge is -2.32. The van der Waals surface area contributed by atoms with Crippen molar-refractivity contribution in [2.75, 3.05) is 33.9 Å². The van der Waals surface area contributed by atoms with E-state index in [2.05, 4.69) is 4.99 Å². The van der Waals surface area contributed by atoms with Gasteiger partial charge in [0.15, 0.2) is 0 Å². The number of esters is 1. The molecule has 2 aliphatic heterocycles. The summed E-state index contributed by atoms with van der Waals surface area (Å²) in [4.78, 5) is 44.1. The average Bonchev–Trinajstić information content (AvgIpc) is 3.13. The van der Waals surface area contributed by atoms with Crippen LogP contribution in [0, 0.1) is 6.92 Å². The maximum absolute atomic E-state index is 13.0. The molecule has 3 heterocycles. The predicted molar refractivity (Wildman–Crippen MR) is 93.5 cm³/mol. The minimum absolute atomic E-state index is 0.184. The van der Waals surface area contributed by atoms with Crippen molar-refractivity contribution in [3.63, 3.8) is 0 Å². The number of carbonyl (C=O) groups excluding carboxylic acids is 3. The zero-order valence-electron chi connectivity index (χ0n) is 16.0. The molecular formula is C17H24N5O5+. The fraction of sp³-hybridized carbons (Fsp3) is 0.588. The molecule has 0 aromatic carbocycles. The molecule has 27 heavy (non-hydrogen) atoms. The first kappa shape index (κ1) is 19.0. The summed E-state index contributed by atoms with van der Waals surface area (Å²) in [7, 11) is 3.20. The molecule has 10 nitrogen and oxygen atoms in total. The van der Waals surface area contributed by atoms with Crippen molar-refractivity contribution < 1.29 is 28.4 Å². The van der Waals surface area contributed by atoms with Gasteiger partial charge in [-0.3, -0.25) is 14.5 Å². The standard InChI is InChI=1S/C17H24N5O5/c1-5-27-12(23)10-22-15(24)13-14(19(3)17(22)25)18-16-20(7-6-8-26-4)11(2)9-21(13)16/h9,13H,5-8,10H2,1-4H3/q+1. The normalized spacial score (nSPS) is 18.5. The van der Waals surface area contributed by atoms with Crippen molar-refractivity contribution in [2.45, 2.75) is 32.9 Å². The topological polar surface area (TPSA) is 97.3 Å². The number of aliphatic imine (C=N–C) groups is 1. The quantitative estimate of drug-likeness (QED) is 0.383. The molecule has 2 aliphatic rings. The van der Waals surface area contributed by atoms with Crippen LogP contribution in [0.1, 0.15) is 25.1 Å². The van der Waals surface area contributed by atoms with E-state index < -0.39 is 30.5 Å². The van der Waals surface area contributed by atoms with Gasteiger partial charge in [-0.1, -0.05) is 4.99 Å². The Labute approximate surface area is 157 Å². The van der Waals surface area contributed by atoms with Gasteiger partial charge in [0.05, 0.1) is 13.2 Å². The average molecular weight is 378 g/mol. The highest BCUT2D eigenvalue weighted by Crippen LogP contribution is 2.29. The van der Waals surface area contributed by atoms with Crippen molar-refractivity contribution in [1.82, 2.24) is 14.4 Å². The molecule has 1 aromatic heterocycles. The zero-order chi connectivity index (χ0) is 19.7. The minimum atomic E-state index is -0.764. The molecule has 0 spiro atoms. The first-order valence-electron chi connectivity index (χ1n) is 8.84. The molecule has 10 heteroatoms. The molecular weight excluding hydrogens is 354 g/mol. The number of methoxy groups -OCH3 is 1. The molecule has 3 rings (SSSR count). The van der Waals surface area contributed by atoms with Gasteiger partial charge in [0.25, 0.3) is 5.91 Å². The summed E-state index contributed by atoms with van der Waals surface area (Å²) >= 11 is 0. The summed E-state index contributed by atoms with van der Waals surface area (Å²) in [5, 5.41) is 0. The predicted octanol–water partition coefficient (Wildman–Crippen LogP) is 0.162. The van der Waals surface area contributed by atoms with Crippen molar-refractivity contribution >= 4 is 29.7 Å². The number of hydrogen-bond acceptors (Lipinski definition) is 6. The Morgan fingerprint density at radius 3 is 2.78 bits per heavy atom. The number of amides is 3. The summed E-state index contributed by atoms with van der Waals surface area (Å²) in [6, 6.07) is -1.35. The monoisotopic (exact) mass is 378 g/mol. The molecule has 1 aromatic rings. The second-order valence-corrected chi connectivity index (χ2v) is 6.42. The molecule has 0 N–H and O–H groups in total. The summed E-state index contributed by atoms with van der Waals surface area (Å²) in [5.41, 5.74) is 0.952. The SMILES string of the molecule is CCOC(=O)CN1C(=O)C2C(=Nc3n(CCCOC)c(C)c[n+]32)N(C)C1=O. The Hall–Kier alpha value is -2.75. The summed E-state index contributed by atoms with van der Waals surface area (Å²) in [6.07, 6.45) is 2.64. The van der Waals surface area contributed by atoms with E-state index in [1.165, 1.54) is 4.90 Å². The van der Waals surface area contributed by atoms with Crippen LogP contribution in [0.3, 0.4) is 0 Å². The van der Waals surface area contributed by atoms with E-state index in [1.807, 2.05) is 17.7 Å². The van der Waals surface area contributed by atoms with E-state index in [4.69, 9.17) is 9.47 Å². The van der Waals surface area contributed by atoms with Gasteiger partial charge in [-0.15, -0.1) is 0 Å². The minimum Gasteiger partial charge on any atom is -0.465 e. The number of urea groups is 1. The molecule has 146 valence electrons. The second kappa shape index (κ2) is 7.47. The van der Waals surface area contributed by atoms with Crippen LogP contribution < -0.4 is 4.57 Å². The molecule has 0 aliphatic carbocycles. The first-order chi connectivity index (χ1) is 12.9. The number of aryl methyl sites for hydroxylation is 1. The van der Waals surface area contributed by atoms with Crippen molar-refractivity contribution in [2.24, 2.45) is 4.99 Å². The van der Waals surface area contributed by atoms with Crippen LogP contribution in [-0.2, 0) is 25.6 Å². The van der Waals surface area contributed by atoms with Gasteiger partial charge in [-0.25, -0.2) is 18.8 Å². The van der Waals surface area contributed by atoms with E-state index in [-0.39, 0.29) is 6.61 Å². The lowest BCUT2D eigenvalue weighted by Crippen LogP contribution is -2.63. The smallest absolute Gasteiger partial charge is 0.401 e. The number of imidazole rings is 1. The second-order valence-electron chi connectivity index (χ2n) is 6.42. The summed E-state index contributed by atoms with van der Waals surface area (Å²) in [5.74, 6) is -0.137. The maximum atomic E-state index is 13.0. The molecule has 0 bridgehead atoms. The number of rotatable bonds is 7. The number of ether oxygens (including phenoxy) is 2. The number of likely N-dealkylation sites (N-methyl/N-ethyl adjacent to an activating group) is 1. The van der Waals surface area contributed by atoms with Gasteiger partial charge in [-0.05, 0) is 13.8 Å². The first-order valence-corrected chi connectivity index (χ1v) is 8.84. The lowest BCUT2D eigenvalue weighted by molar-refractivity contribution is -0.677. The Kier molecular flexibility index (Phi) is 5.26. The number of imide groups is 1. The molecule has 1 atom stereocenters. The lowest BCUT2D eigenvalue weighted by atomic mass is 10.1. The molecule has 1 fully saturated rings. The fourth-order valence-electron chi connectivity index (χ4n) is 3.36. The van der Waals surface area contributed by atoms with E-state index in [0.29, 0.717) is 24.9 Å². The van der Waals surface area contributed by atoms with E-state index in [1.54, 1.807) is 25.6 Å². The van der Waals surface area contributed by atoms with Crippen molar-refractivity contribution in [3.8, 4) is 0 Å². The highest BCUT2D eigenvalue weighted by molar-refractivity contribution is 6.19. The van der Waals surface area contributed by atoms with Crippen LogP contribution in [0.25, 0.3) is 0 Å². The summed E-state index contributed by atoms with van der Waals surface area (Å²) in [6.45, 7) is 4.67. The molecule has 0 radical (unpaired) electrons. The zero-order valence-corrected chi connectivity index (χ0v) is 16.0. The van der Waals surface area contributed by atoms with Gasteiger partial charge in [0.1, 0.15) is 18.4 Å². The highest BCUT2D eigenvalue weighted by atomic mass is 16.5. The Morgan fingerprint density at radius 2 is 2.11 bits per heavy atom. The van der Waals surface area contributed by atoms with E-state index in [9.17, 15) is 14.4 Å². The number of carbonyl (C=O) groups is 3. The number of hydrogen-bond donors (Lipinski definition) is 0. The third-order valence-corrected chi connectivity index (χ3v) is 4.65. The van der Waals surface area contributed by atoms with Gasteiger partial charge in [0.2, 0.25) is 11.9 Å². The Balaban J connectivity index is 1.92. The maximum Gasteiger partial charge on any atom is 0.401 e. The van der Waals surface area contributed by atoms with Crippen LogP contribution in [0.15, 0.2) is 11.2 Å². The van der Waals surface area contributed by atoms with Crippen LogP contribution in [0.2, 0.25) is 0 Å². The molecule has 1 unspecified atom stereocenters. The number of aromatic nitrogens is 2. The number of fused-ring (bicyclic) bond motifs is 3. The third-order valence-electron chi connectivity index (χ3n) is 4.65. The third kappa shape index (κ3) is 3.20. The summed E-state index contributed by atoms with van der Waals surface area (Å²) < 4.78 is 13.7. The Morgan fingerprint density at radius 1 is 1.37 bits per heavy atom. The number of amidine groups is 1. The van der Waals surface area contributed by atoms with E-state index >= 15 is 0 Å². The molecule has 3 amide bonds. The van der Waals surface area contributed by atoms with Gasteiger partial charge < -0.3 is 9.47 Å². The van der Waals surface area contributed by atoms with Gasteiger partial charge >= 0.3 is 17.9 Å². The number of nitrogens with zero attached hydrogens (tertiary/aromatic N) is 5. The van der Waals surface area contributed by atoms with Gasteiger partial charge in [-0.2, -0.15) is 0 Å². The fourth-order valence-corrected chi connectivity index (χ4v) is 3.36. The van der Waals surface area contributed by atoms with Crippen LogP contribution in [0.4, 0.5) is 10.7 Å². The largest absolute Gasteiger partial charge is 0.465 e. The van der Waals surface area contributed by atoms with E-state index in [0.717, 1.165) is 17.0 Å². The van der Waals surface area contributed by atoms with Crippen molar-refractivity contribution in [1.29, 1.82) is 0 Å².